The van der Waals surface area contributed by atoms with Crippen LogP contribution in [0.4, 0.5) is 0 Å². The van der Waals surface area contributed by atoms with E-state index in [4.69, 9.17) is 0 Å². The lowest BCUT2D eigenvalue weighted by Crippen LogP contribution is -2.21. The topological polar surface area (TPSA) is 34.9 Å². The molecule has 26 heavy (non-hydrogen) atoms. The highest BCUT2D eigenvalue weighted by atomic mass is 32.1. The van der Waals surface area contributed by atoms with Gasteiger partial charge >= 0.3 is 0 Å². The Hall–Kier alpha value is -2.72. The first kappa shape index (κ1) is 16.7. The summed E-state index contributed by atoms with van der Waals surface area (Å²) in [7, 11) is 0. The van der Waals surface area contributed by atoms with E-state index in [1.54, 1.807) is 22.2 Å². The lowest BCUT2D eigenvalue weighted by atomic mass is 10.0. The number of benzene rings is 2. The third kappa shape index (κ3) is 2.86. The highest BCUT2D eigenvalue weighted by Crippen LogP contribution is 2.35. The predicted molar refractivity (Wildman–Crippen MR) is 109 cm³/mol. The van der Waals surface area contributed by atoms with Crippen molar-refractivity contribution in [3.05, 3.63) is 86.8 Å². The summed E-state index contributed by atoms with van der Waals surface area (Å²) in [5.74, 6) is 0. The van der Waals surface area contributed by atoms with Gasteiger partial charge in [0.05, 0.1) is 18.3 Å². The number of hydrogen-bond acceptors (Lipinski definition) is 3. The van der Waals surface area contributed by atoms with Crippen LogP contribution in [0.25, 0.3) is 21.3 Å². The largest absolute Gasteiger partial charge is 0.294 e. The van der Waals surface area contributed by atoms with E-state index in [2.05, 4.69) is 62.2 Å². The van der Waals surface area contributed by atoms with Crippen molar-refractivity contribution in [3.8, 4) is 11.1 Å². The Morgan fingerprint density at radius 3 is 2.46 bits per heavy atom. The summed E-state index contributed by atoms with van der Waals surface area (Å²) in [6.45, 7) is 6.74. The molecule has 2 aromatic heterocycles. The smallest absolute Gasteiger partial charge is 0.263 e. The Kier molecular flexibility index (Phi) is 4.21. The third-order valence-electron chi connectivity index (χ3n) is 4.80. The number of fused-ring (bicyclic) bond motifs is 1. The molecular weight excluding hydrogens is 340 g/mol. The fraction of sp³-hybridized carbons (Fsp3) is 0.182. The van der Waals surface area contributed by atoms with Crippen molar-refractivity contribution in [2.45, 2.75) is 27.3 Å². The molecule has 4 aromatic rings. The maximum absolute atomic E-state index is 13.2. The summed E-state index contributed by atoms with van der Waals surface area (Å²) < 4.78 is 1.72. The lowest BCUT2D eigenvalue weighted by molar-refractivity contribution is 0.745. The predicted octanol–water partition coefficient (Wildman–Crippen LogP) is 5.10. The van der Waals surface area contributed by atoms with Crippen molar-refractivity contribution in [2.75, 3.05) is 0 Å². The van der Waals surface area contributed by atoms with Crippen LogP contribution in [0.15, 0.2) is 59.7 Å². The van der Waals surface area contributed by atoms with Crippen molar-refractivity contribution in [2.24, 2.45) is 0 Å². The minimum atomic E-state index is 0.0261. The highest BCUT2D eigenvalue weighted by Gasteiger charge is 2.17. The van der Waals surface area contributed by atoms with Crippen molar-refractivity contribution >= 4 is 21.6 Å². The van der Waals surface area contributed by atoms with E-state index in [-0.39, 0.29) is 5.56 Å². The molecule has 2 aromatic carbocycles. The van der Waals surface area contributed by atoms with Gasteiger partial charge in [-0.25, -0.2) is 4.98 Å². The molecule has 2 heterocycles. The minimum Gasteiger partial charge on any atom is -0.294 e. The highest BCUT2D eigenvalue weighted by molar-refractivity contribution is 7.19. The van der Waals surface area contributed by atoms with Crippen LogP contribution in [0.5, 0.6) is 0 Å². The molecular formula is C22H20N2OS. The number of aromatic nitrogens is 2. The fourth-order valence-corrected chi connectivity index (χ4v) is 4.29. The molecule has 0 spiro atoms. The van der Waals surface area contributed by atoms with Crippen molar-refractivity contribution in [1.29, 1.82) is 0 Å². The van der Waals surface area contributed by atoms with Gasteiger partial charge in [0.25, 0.3) is 5.56 Å². The first-order chi connectivity index (χ1) is 12.5. The molecule has 0 saturated carbocycles. The molecule has 4 rings (SSSR count). The van der Waals surface area contributed by atoms with E-state index in [0.717, 1.165) is 31.8 Å². The maximum atomic E-state index is 13.2. The molecule has 0 saturated heterocycles. The van der Waals surface area contributed by atoms with Crippen LogP contribution in [-0.4, -0.2) is 9.55 Å². The van der Waals surface area contributed by atoms with E-state index in [1.807, 2.05) is 12.1 Å². The van der Waals surface area contributed by atoms with Crippen LogP contribution < -0.4 is 5.56 Å². The van der Waals surface area contributed by atoms with Crippen LogP contribution in [0.1, 0.15) is 21.6 Å². The van der Waals surface area contributed by atoms with Gasteiger partial charge in [-0.3, -0.25) is 9.36 Å². The molecule has 0 aliphatic carbocycles. The molecule has 0 aliphatic rings. The molecule has 3 nitrogen and oxygen atoms in total. The van der Waals surface area contributed by atoms with Gasteiger partial charge in [-0.2, -0.15) is 0 Å². The zero-order valence-corrected chi connectivity index (χ0v) is 15.9. The second kappa shape index (κ2) is 6.54. The van der Waals surface area contributed by atoms with Gasteiger partial charge in [0, 0.05) is 10.4 Å². The molecule has 0 fully saturated rings. The fourth-order valence-electron chi connectivity index (χ4n) is 3.29. The average Bonchev–Trinajstić information content (AvgIpc) is 2.97. The average molecular weight is 360 g/mol. The molecule has 0 aliphatic heterocycles. The zero-order chi connectivity index (χ0) is 18.3. The summed E-state index contributed by atoms with van der Waals surface area (Å²) in [6.07, 6.45) is 1.67. The Bertz CT molecular complexity index is 1150. The molecule has 0 atom stereocenters. The Morgan fingerprint density at radius 2 is 1.73 bits per heavy atom. The standard InChI is InChI=1S/C22H20N2OS/c1-14-8-10-17(11-9-14)19-16(3)26-21-20(19)22(25)24(13-23-21)12-18-7-5-4-6-15(18)2/h4-11,13H,12H2,1-3H3. The van der Waals surface area contributed by atoms with Gasteiger partial charge < -0.3 is 0 Å². The quantitative estimate of drug-likeness (QED) is 0.509. The maximum Gasteiger partial charge on any atom is 0.263 e. The van der Waals surface area contributed by atoms with E-state index >= 15 is 0 Å². The summed E-state index contributed by atoms with van der Waals surface area (Å²) in [6, 6.07) is 16.5. The number of rotatable bonds is 3. The number of thiophene rings is 1. The molecule has 0 amide bonds. The Morgan fingerprint density at radius 1 is 1.00 bits per heavy atom. The molecule has 0 unspecified atom stereocenters. The molecule has 4 heteroatoms. The van der Waals surface area contributed by atoms with Crippen LogP contribution >= 0.6 is 11.3 Å². The Balaban J connectivity index is 1.89. The van der Waals surface area contributed by atoms with E-state index < -0.39 is 0 Å². The normalized spacial score (nSPS) is 11.2. The number of nitrogens with zero attached hydrogens (tertiary/aromatic N) is 2. The summed E-state index contributed by atoms with van der Waals surface area (Å²) in [5.41, 5.74) is 5.65. The molecule has 0 radical (unpaired) electrons. The van der Waals surface area contributed by atoms with E-state index in [1.165, 1.54) is 11.1 Å². The van der Waals surface area contributed by atoms with Gasteiger partial charge in [0.2, 0.25) is 0 Å². The van der Waals surface area contributed by atoms with Crippen molar-refractivity contribution < 1.29 is 0 Å². The van der Waals surface area contributed by atoms with Gasteiger partial charge in [-0.15, -0.1) is 11.3 Å². The van der Waals surface area contributed by atoms with Crippen LogP contribution in [0.2, 0.25) is 0 Å². The monoisotopic (exact) mass is 360 g/mol. The minimum absolute atomic E-state index is 0.0261. The van der Waals surface area contributed by atoms with E-state index in [0.29, 0.717) is 6.54 Å². The van der Waals surface area contributed by atoms with Crippen LogP contribution in [0, 0.1) is 20.8 Å². The van der Waals surface area contributed by atoms with Gasteiger partial charge in [0.15, 0.2) is 0 Å². The van der Waals surface area contributed by atoms with Crippen LogP contribution in [0.3, 0.4) is 0 Å². The van der Waals surface area contributed by atoms with E-state index in [9.17, 15) is 4.79 Å². The molecule has 0 N–H and O–H groups in total. The van der Waals surface area contributed by atoms with Crippen molar-refractivity contribution in [3.63, 3.8) is 0 Å². The second-order valence-electron chi connectivity index (χ2n) is 6.68. The number of aryl methyl sites for hydroxylation is 3. The van der Waals surface area contributed by atoms with Crippen molar-refractivity contribution in [1.82, 2.24) is 9.55 Å². The Labute approximate surface area is 156 Å². The third-order valence-corrected chi connectivity index (χ3v) is 5.81. The summed E-state index contributed by atoms with van der Waals surface area (Å²) in [5, 5.41) is 0.729. The molecule has 0 bridgehead atoms. The number of hydrogen-bond donors (Lipinski definition) is 0. The first-order valence-electron chi connectivity index (χ1n) is 8.64. The van der Waals surface area contributed by atoms with Crippen LogP contribution in [-0.2, 0) is 6.54 Å². The second-order valence-corrected chi connectivity index (χ2v) is 7.89. The summed E-state index contributed by atoms with van der Waals surface area (Å²) in [4.78, 5) is 19.8. The lowest BCUT2D eigenvalue weighted by Gasteiger charge is -2.09. The van der Waals surface area contributed by atoms with Gasteiger partial charge in [0.1, 0.15) is 4.83 Å². The first-order valence-corrected chi connectivity index (χ1v) is 9.46. The SMILES string of the molecule is Cc1ccc(-c2c(C)sc3ncn(Cc4ccccc4C)c(=O)c23)cc1. The zero-order valence-electron chi connectivity index (χ0n) is 15.1. The van der Waals surface area contributed by atoms with Gasteiger partial charge in [-0.05, 0) is 37.5 Å². The summed E-state index contributed by atoms with van der Waals surface area (Å²) >= 11 is 1.59. The van der Waals surface area contributed by atoms with Gasteiger partial charge in [-0.1, -0.05) is 54.1 Å². The molecule has 130 valence electrons.